The van der Waals surface area contributed by atoms with Crippen LogP contribution in [0.15, 0.2) is 24.3 Å². The van der Waals surface area contributed by atoms with E-state index in [-0.39, 0.29) is 0 Å². The second-order valence-electron chi connectivity index (χ2n) is 2.90. The van der Waals surface area contributed by atoms with Crippen LogP contribution < -0.4 is 4.74 Å². The molecule has 0 amide bonds. The van der Waals surface area contributed by atoms with Gasteiger partial charge in [-0.2, -0.15) is 0 Å². The number of esters is 1. The molecule has 82 valence electrons. The maximum atomic E-state index is 11.1. The van der Waals surface area contributed by atoms with Crippen molar-refractivity contribution in [2.75, 3.05) is 13.7 Å². The fraction of sp³-hybridized carbons (Fsp3) is 0.364. The summed E-state index contributed by atoms with van der Waals surface area (Å²) in [6, 6.07) is 6.83. The molecule has 4 nitrogen and oxygen atoms in total. The monoisotopic (exact) mass is 210 g/mol. The van der Waals surface area contributed by atoms with Crippen LogP contribution in [0, 0.1) is 0 Å². The van der Waals surface area contributed by atoms with Gasteiger partial charge in [-0.25, -0.2) is 4.79 Å². The van der Waals surface area contributed by atoms with Crippen molar-refractivity contribution < 1.29 is 19.4 Å². The van der Waals surface area contributed by atoms with Crippen LogP contribution >= 0.6 is 0 Å². The summed E-state index contributed by atoms with van der Waals surface area (Å²) in [6.07, 6.45) is -1.29. The highest BCUT2D eigenvalue weighted by Crippen LogP contribution is 2.25. The van der Waals surface area contributed by atoms with Crippen molar-refractivity contribution in [3.8, 4) is 5.75 Å². The minimum Gasteiger partial charge on any atom is -0.493 e. The molecule has 0 spiro atoms. The van der Waals surface area contributed by atoms with E-state index in [4.69, 9.17) is 4.74 Å². The van der Waals surface area contributed by atoms with Gasteiger partial charge in [0.25, 0.3) is 0 Å². The topological polar surface area (TPSA) is 55.8 Å². The van der Waals surface area contributed by atoms with E-state index in [0.717, 1.165) is 0 Å². The summed E-state index contributed by atoms with van der Waals surface area (Å²) in [4.78, 5) is 11.1. The molecule has 0 aliphatic carbocycles. The van der Waals surface area contributed by atoms with Gasteiger partial charge in [0.15, 0.2) is 6.10 Å². The zero-order valence-corrected chi connectivity index (χ0v) is 8.77. The quantitative estimate of drug-likeness (QED) is 0.761. The highest BCUT2D eigenvalue weighted by Gasteiger charge is 2.21. The van der Waals surface area contributed by atoms with Gasteiger partial charge in [-0.15, -0.1) is 0 Å². The fourth-order valence-electron chi connectivity index (χ4n) is 1.23. The summed E-state index contributed by atoms with van der Waals surface area (Å²) in [5.74, 6) is -0.194. The molecule has 1 aromatic rings. The maximum Gasteiger partial charge on any atom is 0.339 e. The maximum absolute atomic E-state index is 11.1. The molecule has 15 heavy (non-hydrogen) atoms. The smallest absolute Gasteiger partial charge is 0.339 e. The first-order valence-electron chi connectivity index (χ1n) is 4.68. The number of benzene rings is 1. The second kappa shape index (κ2) is 5.36. The summed E-state index contributed by atoms with van der Waals surface area (Å²) in [6.45, 7) is 2.31. The molecule has 0 aliphatic rings. The van der Waals surface area contributed by atoms with Crippen molar-refractivity contribution in [1.82, 2.24) is 0 Å². The van der Waals surface area contributed by atoms with Crippen molar-refractivity contribution in [1.29, 1.82) is 0 Å². The Balaban J connectivity index is 2.96. The zero-order chi connectivity index (χ0) is 11.3. The van der Waals surface area contributed by atoms with E-state index in [0.29, 0.717) is 17.9 Å². The summed E-state index contributed by atoms with van der Waals surface area (Å²) in [5, 5.41) is 9.64. The number of carbonyl (C=O) groups excluding carboxylic acids is 1. The van der Waals surface area contributed by atoms with Crippen LogP contribution in [0.5, 0.6) is 5.75 Å². The fourth-order valence-corrected chi connectivity index (χ4v) is 1.23. The van der Waals surface area contributed by atoms with Crippen LogP contribution in [0.4, 0.5) is 0 Å². The molecule has 0 saturated carbocycles. The van der Waals surface area contributed by atoms with E-state index >= 15 is 0 Å². The van der Waals surface area contributed by atoms with Crippen molar-refractivity contribution in [2.24, 2.45) is 0 Å². The molecule has 1 atom stereocenters. The first-order chi connectivity index (χ1) is 7.20. The Morgan fingerprint density at radius 1 is 1.47 bits per heavy atom. The predicted molar refractivity (Wildman–Crippen MR) is 54.6 cm³/mol. The third-order valence-electron chi connectivity index (χ3n) is 1.94. The average Bonchev–Trinajstić information content (AvgIpc) is 2.28. The van der Waals surface area contributed by atoms with Crippen molar-refractivity contribution in [3.63, 3.8) is 0 Å². The van der Waals surface area contributed by atoms with Crippen LogP contribution in [0.1, 0.15) is 18.6 Å². The predicted octanol–water partition coefficient (Wildman–Crippen LogP) is 1.29. The molecule has 0 radical (unpaired) electrons. The Bertz CT molecular complexity index is 335. The summed E-state index contributed by atoms with van der Waals surface area (Å²) in [5.41, 5.74) is 0.422. The lowest BCUT2D eigenvalue weighted by Gasteiger charge is -2.13. The molecular weight excluding hydrogens is 196 g/mol. The molecular formula is C11H14O4. The Morgan fingerprint density at radius 2 is 2.13 bits per heavy atom. The minimum atomic E-state index is -1.29. The van der Waals surface area contributed by atoms with E-state index in [1.165, 1.54) is 7.11 Å². The van der Waals surface area contributed by atoms with Gasteiger partial charge in [0.05, 0.1) is 13.7 Å². The number of methoxy groups -OCH3 is 1. The molecule has 4 heteroatoms. The van der Waals surface area contributed by atoms with Crippen LogP contribution in [-0.4, -0.2) is 24.8 Å². The number of hydrogen-bond acceptors (Lipinski definition) is 4. The summed E-state index contributed by atoms with van der Waals surface area (Å²) in [7, 11) is 1.23. The lowest BCUT2D eigenvalue weighted by atomic mass is 10.1. The van der Waals surface area contributed by atoms with Gasteiger partial charge in [-0.1, -0.05) is 18.2 Å². The summed E-state index contributed by atoms with van der Waals surface area (Å²) < 4.78 is 9.74. The second-order valence-corrected chi connectivity index (χ2v) is 2.90. The van der Waals surface area contributed by atoms with E-state index < -0.39 is 12.1 Å². The molecule has 0 fully saturated rings. The number of hydrogen-bond donors (Lipinski definition) is 1. The zero-order valence-electron chi connectivity index (χ0n) is 8.77. The van der Waals surface area contributed by atoms with Crippen molar-refractivity contribution >= 4 is 5.97 Å². The first-order valence-corrected chi connectivity index (χ1v) is 4.68. The summed E-state index contributed by atoms with van der Waals surface area (Å²) >= 11 is 0. The first kappa shape index (κ1) is 11.5. The van der Waals surface area contributed by atoms with Gasteiger partial charge in [-0.3, -0.25) is 0 Å². The van der Waals surface area contributed by atoms with Gasteiger partial charge in [0.1, 0.15) is 5.75 Å². The van der Waals surface area contributed by atoms with Gasteiger partial charge < -0.3 is 14.6 Å². The molecule has 0 bridgehead atoms. The number of para-hydroxylation sites is 1. The van der Waals surface area contributed by atoms with Gasteiger partial charge in [0, 0.05) is 5.56 Å². The highest BCUT2D eigenvalue weighted by molar-refractivity contribution is 5.77. The average molecular weight is 210 g/mol. The molecule has 0 aliphatic heterocycles. The van der Waals surface area contributed by atoms with Crippen LogP contribution in [0.2, 0.25) is 0 Å². The normalized spacial score (nSPS) is 11.9. The third kappa shape index (κ3) is 2.70. The van der Waals surface area contributed by atoms with E-state index in [9.17, 15) is 9.90 Å². The highest BCUT2D eigenvalue weighted by atomic mass is 16.5. The van der Waals surface area contributed by atoms with E-state index in [2.05, 4.69) is 4.74 Å². The van der Waals surface area contributed by atoms with Gasteiger partial charge in [0.2, 0.25) is 0 Å². The minimum absolute atomic E-state index is 0.422. The third-order valence-corrected chi connectivity index (χ3v) is 1.94. The molecule has 1 N–H and O–H groups in total. The Hall–Kier alpha value is -1.55. The van der Waals surface area contributed by atoms with Crippen LogP contribution in [0.3, 0.4) is 0 Å². The molecule has 0 aromatic heterocycles. The van der Waals surface area contributed by atoms with Gasteiger partial charge in [-0.05, 0) is 13.0 Å². The molecule has 1 rings (SSSR count). The van der Waals surface area contributed by atoms with Crippen LogP contribution in [-0.2, 0) is 9.53 Å². The molecule has 0 heterocycles. The number of aliphatic hydroxyl groups is 1. The lowest BCUT2D eigenvalue weighted by molar-refractivity contribution is -0.150. The number of rotatable bonds is 4. The van der Waals surface area contributed by atoms with Crippen molar-refractivity contribution in [2.45, 2.75) is 13.0 Å². The number of ether oxygens (including phenoxy) is 2. The Kier molecular flexibility index (Phi) is 4.12. The molecule has 1 unspecified atom stereocenters. The van der Waals surface area contributed by atoms with Gasteiger partial charge >= 0.3 is 5.97 Å². The largest absolute Gasteiger partial charge is 0.493 e. The van der Waals surface area contributed by atoms with E-state index in [1.54, 1.807) is 24.3 Å². The van der Waals surface area contributed by atoms with E-state index in [1.807, 2.05) is 6.92 Å². The SMILES string of the molecule is CCOc1ccccc1C(O)C(=O)OC. The molecule has 1 aromatic carbocycles. The van der Waals surface area contributed by atoms with Crippen molar-refractivity contribution in [3.05, 3.63) is 29.8 Å². The lowest BCUT2D eigenvalue weighted by Crippen LogP contribution is -2.14. The Morgan fingerprint density at radius 3 is 2.73 bits per heavy atom. The Labute approximate surface area is 88.4 Å². The molecule has 0 saturated heterocycles. The number of aliphatic hydroxyl groups excluding tert-OH is 1. The number of carbonyl (C=O) groups is 1. The van der Waals surface area contributed by atoms with Crippen LogP contribution in [0.25, 0.3) is 0 Å². The standard InChI is InChI=1S/C11H14O4/c1-3-15-9-7-5-4-6-8(9)10(12)11(13)14-2/h4-7,10,12H,3H2,1-2H3.